The smallest absolute Gasteiger partial charge is 0.251 e. The highest BCUT2D eigenvalue weighted by molar-refractivity contribution is 8.24. The summed E-state index contributed by atoms with van der Waals surface area (Å²) in [5, 5.41) is 2.97. The number of rotatable bonds is 6. The lowest BCUT2D eigenvalue weighted by atomic mass is 10.0. The van der Waals surface area contributed by atoms with Crippen molar-refractivity contribution >= 4 is 28.4 Å². The van der Waals surface area contributed by atoms with E-state index in [1.807, 2.05) is 27.7 Å². The molecule has 6 N–H and O–H groups in total. The van der Waals surface area contributed by atoms with E-state index in [2.05, 4.69) is 19.4 Å². The van der Waals surface area contributed by atoms with E-state index in [9.17, 15) is 13.9 Å². The van der Waals surface area contributed by atoms with Gasteiger partial charge in [0, 0.05) is 17.5 Å². The van der Waals surface area contributed by atoms with E-state index in [0.717, 1.165) is 5.69 Å². The van der Waals surface area contributed by atoms with Crippen molar-refractivity contribution in [3.8, 4) is 5.75 Å². The van der Waals surface area contributed by atoms with Gasteiger partial charge in [0.15, 0.2) is 5.84 Å². The van der Waals surface area contributed by atoms with Crippen molar-refractivity contribution in [2.24, 2.45) is 10.1 Å². The highest BCUT2D eigenvalue weighted by Crippen LogP contribution is 2.46. The fraction of sp³-hybridized carbons (Fsp3) is 0.350. The van der Waals surface area contributed by atoms with Crippen molar-refractivity contribution in [2.45, 2.75) is 39.2 Å². The molecule has 0 radical (unpaired) electrons. The third-order valence-corrected chi connectivity index (χ3v) is 5.38. The number of nitrogens with zero attached hydrogens (tertiary/aromatic N) is 2. The number of amidine groups is 1. The minimum absolute atomic E-state index is 0.0285. The Labute approximate surface area is 177 Å². The molecule has 9 nitrogen and oxygen atoms in total. The van der Waals surface area contributed by atoms with Crippen LogP contribution >= 0.6 is 11.0 Å². The molecule has 10 heteroatoms. The predicted molar refractivity (Wildman–Crippen MR) is 119 cm³/mol. The first-order valence-electron chi connectivity index (χ1n) is 9.43. The molecule has 2 heterocycles. The molecule has 0 bridgehead atoms. The van der Waals surface area contributed by atoms with Gasteiger partial charge in [-0.25, -0.2) is 0 Å². The first-order valence-corrected chi connectivity index (χ1v) is 10.9. The Bertz CT molecular complexity index is 991. The Hall–Kier alpha value is -2.82. The molecule has 2 aromatic rings. The van der Waals surface area contributed by atoms with Crippen molar-refractivity contribution < 1.29 is 18.6 Å². The SMILES string of the molecule is CC(C)c1cc(C(=O)NC(C)(C)COc2cccc3c2C(N)=NS(O)(O)N3)ccn1. The van der Waals surface area contributed by atoms with Crippen LogP contribution < -0.4 is 20.5 Å². The van der Waals surface area contributed by atoms with E-state index in [1.165, 1.54) is 0 Å². The Morgan fingerprint density at radius 1 is 1.33 bits per heavy atom. The number of pyridine rings is 1. The number of carbonyl (C=O) groups excluding carboxylic acids is 1. The molecule has 1 amide bonds. The van der Waals surface area contributed by atoms with Gasteiger partial charge < -0.3 is 15.8 Å². The summed E-state index contributed by atoms with van der Waals surface area (Å²) in [5.41, 5.74) is 7.46. The highest BCUT2D eigenvalue weighted by Gasteiger charge is 2.27. The second-order valence-corrected chi connectivity index (χ2v) is 9.45. The molecule has 3 rings (SSSR count). The summed E-state index contributed by atoms with van der Waals surface area (Å²) in [4.78, 5) is 17.0. The van der Waals surface area contributed by atoms with E-state index in [4.69, 9.17) is 10.5 Å². The number of amides is 1. The number of hydrogen-bond donors (Lipinski definition) is 5. The highest BCUT2D eigenvalue weighted by atomic mass is 32.3. The Kier molecular flexibility index (Phi) is 5.93. The molecular weight excluding hydrogens is 406 g/mol. The lowest BCUT2D eigenvalue weighted by Gasteiger charge is -2.34. The van der Waals surface area contributed by atoms with Gasteiger partial charge in [0.25, 0.3) is 5.91 Å². The van der Waals surface area contributed by atoms with E-state index >= 15 is 0 Å². The number of benzene rings is 1. The van der Waals surface area contributed by atoms with Gasteiger partial charge in [-0.05, 0) is 55.0 Å². The van der Waals surface area contributed by atoms with Crippen molar-refractivity contribution in [2.75, 3.05) is 11.3 Å². The standard InChI is InChI=1S/C20H27N5O4S/c1-12(2)15-10-13(8-9-22-15)19(26)23-20(3,4)11-29-16-7-5-6-14-17(16)18(21)25-30(27,28)24-14/h5-10,12,24,27-28H,11H2,1-4H3,(H2,21,25)(H,23,26). The number of fused-ring (bicyclic) bond motifs is 1. The number of nitrogens with two attached hydrogens (primary N) is 1. The lowest BCUT2D eigenvalue weighted by molar-refractivity contribution is 0.0880. The Balaban J connectivity index is 1.72. The van der Waals surface area contributed by atoms with E-state index in [-0.39, 0.29) is 24.3 Å². The summed E-state index contributed by atoms with van der Waals surface area (Å²) < 4.78 is 31.7. The number of anilines is 1. The summed E-state index contributed by atoms with van der Waals surface area (Å²) in [6.45, 7) is 7.88. The Morgan fingerprint density at radius 2 is 2.07 bits per heavy atom. The van der Waals surface area contributed by atoms with Crippen LogP contribution in [0.1, 0.15) is 55.2 Å². The molecular formula is C20H27N5O4S. The van der Waals surface area contributed by atoms with Gasteiger partial charge >= 0.3 is 0 Å². The molecule has 162 valence electrons. The number of carbonyl (C=O) groups is 1. The summed E-state index contributed by atoms with van der Waals surface area (Å²) in [7, 11) is -3.37. The van der Waals surface area contributed by atoms with Crippen molar-refractivity contribution in [3.63, 3.8) is 0 Å². The maximum Gasteiger partial charge on any atom is 0.251 e. The fourth-order valence-corrected chi connectivity index (χ4v) is 3.81. The first kappa shape index (κ1) is 21.9. The molecule has 0 unspecified atom stereocenters. The maximum atomic E-state index is 12.7. The molecule has 1 aromatic heterocycles. The van der Waals surface area contributed by atoms with Gasteiger partial charge in [0.05, 0.1) is 16.8 Å². The van der Waals surface area contributed by atoms with Crippen molar-refractivity contribution in [1.82, 2.24) is 10.3 Å². The average molecular weight is 434 g/mol. The molecule has 0 aliphatic carbocycles. The number of ether oxygens (including phenoxy) is 1. The predicted octanol–water partition coefficient (Wildman–Crippen LogP) is 3.50. The van der Waals surface area contributed by atoms with Crippen LogP contribution in [0, 0.1) is 0 Å². The summed E-state index contributed by atoms with van der Waals surface area (Å²) in [6.07, 6.45) is 1.63. The van der Waals surface area contributed by atoms with Gasteiger partial charge in [-0.1, -0.05) is 19.9 Å². The quantitative estimate of drug-likeness (QED) is 0.469. The van der Waals surface area contributed by atoms with Crippen LogP contribution in [-0.4, -0.2) is 38.0 Å². The van der Waals surface area contributed by atoms with Crippen LogP contribution in [-0.2, 0) is 0 Å². The topological polar surface area (TPSA) is 142 Å². The molecule has 1 aromatic carbocycles. The van der Waals surface area contributed by atoms with E-state index in [0.29, 0.717) is 22.6 Å². The van der Waals surface area contributed by atoms with Gasteiger partial charge in [-0.2, -0.15) is 0 Å². The zero-order chi connectivity index (χ0) is 22.1. The zero-order valence-corrected chi connectivity index (χ0v) is 18.2. The minimum atomic E-state index is -3.37. The number of nitrogens with one attached hydrogen (secondary N) is 2. The molecule has 30 heavy (non-hydrogen) atoms. The Morgan fingerprint density at radius 3 is 2.77 bits per heavy atom. The first-order chi connectivity index (χ1) is 14.0. The van der Waals surface area contributed by atoms with Crippen LogP contribution in [0.25, 0.3) is 0 Å². The van der Waals surface area contributed by atoms with Crippen LogP contribution in [0.15, 0.2) is 40.9 Å². The zero-order valence-electron chi connectivity index (χ0n) is 17.3. The van der Waals surface area contributed by atoms with Gasteiger partial charge in [0.1, 0.15) is 12.4 Å². The van der Waals surface area contributed by atoms with Gasteiger partial charge in [-0.3, -0.25) is 23.6 Å². The van der Waals surface area contributed by atoms with Gasteiger partial charge in [0.2, 0.25) is 0 Å². The minimum Gasteiger partial charge on any atom is -0.490 e. The van der Waals surface area contributed by atoms with Crippen molar-refractivity contribution in [3.05, 3.63) is 53.3 Å². The number of aromatic nitrogens is 1. The normalized spacial score (nSPS) is 16.2. The molecule has 0 saturated carbocycles. The second kappa shape index (κ2) is 8.13. The summed E-state index contributed by atoms with van der Waals surface area (Å²) in [5.74, 6) is 0.390. The third-order valence-electron chi connectivity index (χ3n) is 4.43. The molecule has 0 fully saturated rings. The maximum absolute atomic E-state index is 12.7. The van der Waals surface area contributed by atoms with Crippen LogP contribution in [0.5, 0.6) is 5.75 Å². The van der Waals surface area contributed by atoms with Crippen molar-refractivity contribution in [1.29, 1.82) is 0 Å². The van der Waals surface area contributed by atoms with Crippen LogP contribution in [0.2, 0.25) is 0 Å². The monoisotopic (exact) mass is 433 g/mol. The average Bonchev–Trinajstić information content (AvgIpc) is 2.65. The van der Waals surface area contributed by atoms with Crippen LogP contribution in [0.4, 0.5) is 5.69 Å². The molecule has 0 spiro atoms. The number of hydrogen-bond acceptors (Lipinski definition) is 8. The third kappa shape index (κ3) is 5.02. The van der Waals surface area contributed by atoms with Gasteiger partial charge in [-0.15, -0.1) is 4.40 Å². The lowest BCUT2D eigenvalue weighted by Crippen LogP contribution is -2.48. The largest absolute Gasteiger partial charge is 0.490 e. The second-order valence-electron chi connectivity index (χ2n) is 8.03. The van der Waals surface area contributed by atoms with Crippen LogP contribution in [0.3, 0.4) is 0 Å². The fourth-order valence-electron chi connectivity index (χ4n) is 2.93. The molecule has 0 saturated heterocycles. The molecule has 1 aliphatic rings. The summed E-state index contributed by atoms with van der Waals surface area (Å²) in [6, 6.07) is 8.51. The molecule has 0 atom stereocenters. The van der Waals surface area contributed by atoms with E-state index in [1.54, 1.807) is 36.5 Å². The van der Waals surface area contributed by atoms with E-state index < -0.39 is 16.5 Å². The molecule has 1 aliphatic heterocycles. The summed E-state index contributed by atoms with van der Waals surface area (Å²) >= 11 is 0.